The highest BCUT2D eigenvalue weighted by molar-refractivity contribution is 5.80. The van der Waals surface area contributed by atoms with E-state index in [-0.39, 0.29) is 18.5 Å². The summed E-state index contributed by atoms with van der Waals surface area (Å²) in [5, 5.41) is 13.0. The first kappa shape index (κ1) is 21.7. The molecule has 0 radical (unpaired) electrons. The lowest BCUT2D eigenvalue weighted by Gasteiger charge is -2.17. The number of hydrogen-bond acceptors (Lipinski definition) is 5. The van der Waals surface area contributed by atoms with Crippen LogP contribution in [0.2, 0.25) is 0 Å². The van der Waals surface area contributed by atoms with Crippen LogP contribution >= 0.6 is 0 Å². The van der Waals surface area contributed by atoms with Crippen molar-refractivity contribution in [2.75, 3.05) is 5.32 Å². The number of anilines is 1. The lowest BCUT2D eigenvalue weighted by atomic mass is 10.1. The smallest absolute Gasteiger partial charge is 0.223 e. The largest absolute Gasteiger partial charge is 0.392 e. The van der Waals surface area contributed by atoms with Crippen molar-refractivity contribution >= 4 is 11.6 Å². The van der Waals surface area contributed by atoms with Crippen molar-refractivity contribution in [2.45, 2.75) is 26.0 Å². The van der Waals surface area contributed by atoms with E-state index in [4.69, 9.17) is 9.97 Å². The molecule has 0 bridgehead atoms. The molecule has 170 valence electrons. The second-order valence-corrected chi connectivity index (χ2v) is 8.02. The molecule has 7 heteroatoms. The van der Waals surface area contributed by atoms with Crippen LogP contribution in [0.4, 0.5) is 10.3 Å². The average Bonchev–Trinajstić information content (AvgIpc) is 3.27. The molecule has 2 N–H and O–H groups in total. The summed E-state index contributed by atoms with van der Waals surface area (Å²) in [6.07, 6.45) is 4.46. The summed E-state index contributed by atoms with van der Waals surface area (Å²) in [6.45, 7) is 2.04. The second kappa shape index (κ2) is 9.41. The molecular formula is C27H24FN5O. The zero-order valence-corrected chi connectivity index (χ0v) is 18.7. The molecule has 34 heavy (non-hydrogen) atoms. The summed E-state index contributed by atoms with van der Waals surface area (Å²) >= 11 is 0. The monoisotopic (exact) mass is 453 g/mol. The molecule has 5 rings (SSSR count). The number of nitrogens with one attached hydrogen (secondary N) is 1. The molecule has 0 fully saturated rings. The van der Waals surface area contributed by atoms with E-state index < -0.39 is 0 Å². The molecule has 0 aliphatic heterocycles. The topological polar surface area (TPSA) is 75.3 Å². The van der Waals surface area contributed by atoms with Crippen LogP contribution in [0.25, 0.3) is 28.3 Å². The fraction of sp³-hybridized carbons (Fsp3) is 0.148. The Morgan fingerprint density at radius 3 is 2.53 bits per heavy atom. The Morgan fingerprint density at radius 2 is 1.79 bits per heavy atom. The zero-order chi connectivity index (χ0) is 23.5. The third-order valence-electron chi connectivity index (χ3n) is 5.80. The van der Waals surface area contributed by atoms with Crippen LogP contribution in [0.1, 0.15) is 30.5 Å². The first-order valence-electron chi connectivity index (χ1n) is 11.2. The molecule has 0 aliphatic carbocycles. The van der Waals surface area contributed by atoms with Crippen molar-refractivity contribution in [1.82, 2.24) is 19.4 Å². The number of aliphatic hydroxyl groups excluding tert-OH is 1. The van der Waals surface area contributed by atoms with Crippen molar-refractivity contribution in [3.05, 3.63) is 102 Å². The molecule has 3 heterocycles. The first-order chi connectivity index (χ1) is 16.7. The van der Waals surface area contributed by atoms with Gasteiger partial charge in [-0.3, -0.25) is 4.40 Å². The number of halogens is 1. The van der Waals surface area contributed by atoms with Gasteiger partial charge >= 0.3 is 0 Å². The fourth-order valence-corrected chi connectivity index (χ4v) is 4.06. The van der Waals surface area contributed by atoms with E-state index in [2.05, 4.69) is 29.4 Å². The maximum absolute atomic E-state index is 13.6. The maximum Gasteiger partial charge on any atom is 0.223 e. The molecule has 6 nitrogen and oxygen atoms in total. The summed E-state index contributed by atoms with van der Waals surface area (Å²) in [4.78, 5) is 14.1. The Hall–Kier alpha value is -4.10. The first-order valence-corrected chi connectivity index (χ1v) is 11.2. The number of rotatable bonds is 7. The number of imidazole rings is 1. The normalized spacial score (nSPS) is 12.1. The minimum Gasteiger partial charge on any atom is -0.392 e. The number of pyridine rings is 1. The van der Waals surface area contributed by atoms with E-state index in [0.717, 1.165) is 28.8 Å². The number of nitrogens with zero attached hydrogens (tertiary/aromatic N) is 4. The summed E-state index contributed by atoms with van der Waals surface area (Å²) in [5.41, 5.74) is 5.49. The lowest BCUT2D eigenvalue weighted by molar-refractivity contribution is 0.282. The van der Waals surface area contributed by atoms with Gasteiger partial charge in [-0.05, 0) is 60.0 Å². The van der Waals surface area contributed by atoms with Crippen LogP contribution < -0.4 is 5.32 Å². The minimum atomic E-state index is -0.309. The van der Waals surface area contributed by atoms with Gasteiger partial charge in [0, 0.05) is 18.0 Å². The third kappa shape index (κ3) is 4.25. The molecule has 0 saturated heterocycles. The third-order valence-corrected chi connectivity index (χ3v) is 5.80. The Bertz CT molecular complexity index is 1420. The predicted molar refractivity (Wildman–Crippen MR) is 131 cm³/mol. The van der Waals surface area contributed by atoms with Gasteiger partial charge < -0.3 is 10.4 Å². The zero-order valence-electron chi connectivity index (χ0n) is 18.7. The molecule has 2 aromatic carbocycles. The molecule has 3 aromatic heterocycles. The van der Waals surface area contributed by atoms with Gasteiger partial charge in [0.25, 0.3) is 0 Å². The van der Waals surface area contributed by atoms with Gasteiger partial charge in [0.15, 0.2) is 0 Å². The van der Waals surface area contributed by atoms with Crippen LogP contribution in [0, 0.1) is 5.82 Å². The molecule has 5 aromatic rings. The van der Waals surface area contributed by atoms with Gasteiger partial charge in [0.1, 0.15) is 11.5 Å². The fourth-order valence-electron chi connectivity index (χ4n) is 4.06. The SMILES string of the molecule is CC[C@H](Nc1nccc(-c2c(-c3ccc(F)cc3)nc3cc(CO)ccn23)n1)c1ccccc1. The van der Waals surface area contributed by atoms with Gasteiger partial charge in [-0.2, -0.15) is 0 Å². The number of hydrogen-bond donors (Lipinski definition) is 2. The van der Waals surface area contributed by atoms with Crippen molar-refractivity contribution in [2.24, 2.45) is 0 Å². The molecule has 0 saturated carbocycles. The van der Waals surface area contributed by atoms with Crippen molar-refractivity contribution in [3.8, 4) is 22.6 Å². The molecule has 0 amide bonds. The molecule has 1 atom stereocenters. The van der Waals surface area contributed by atoms with Gasteiger partial charge in [-0.25, -0.2) is 19.3 Å². The lowest BCUT2D eigenvalue weighted by Crippen LogP contribution is -2.12. The number of fused-ring (bicyclic) bond motifs is 1. The number of benzene rings is 2. The van der Waals surface area contributed by atoms with Gasteiger partial charge in [-0.15, -0.1) is 0 Å². The molecule has 0 unspecified atom stereocenters. The summed E-state index contributed by atoms with van der Waals surface area (Å²) < 4.78 is 15.5. The van der Waals surface area contributed by atoms with E-state index in [1.54, 1.807) is 18.3 Å². The van der Waals surface area contributed by atoms with Crippen LogP contribution in [-0.4, -0.2) is 24.5 Å². The van der Waals surface area contributed by atoms with E-state index in [1.807, 2.05) is 47.0 Å². The molecule has 0 aliphatic rings. The van der Waals surface area contributed by atoms with Crippen LogP contribution in [-0.2, 0) is 6.61 Å². The van der Waals surface area contributed by atoms with Crippen LogP contribution in [0.15, 0.2) is 85.2 Å². The second-order valence-electron chi connectivity index (χ2n) is 8.02. The van der Waals surface area contributed by atoms with Gasteiger partial charge in [-0.1, -0.05) is 37.3 Å². The van der Waals surface area contributed by atoms with Gasteiger partial charge in [0.2, 0.25) is 5.95 Å². The molecule has 0 spiro atoms. The Balaban J connectivity index is 1.61. The predicted octanol–water partition coefficient (Wildman–Crippen LogP) is 5.65. The summed E-state index contributed by atoms with van der Waals surface area (Å²) in [5.74, 6) is 0.205. The Morgan fingerprint density at radius 1 is 1.00 bits per heavy atom. The van der Waals surface area contributed by atoms with E-state index >= 15 is 0 Å². The standard InChI is InChI=1S/C27H24FN5O/c1-2-22(19-6-4-3-5-7-19)30-27-29-14-12-23(31-27)26-25(20-8-10-21(28)11-9-20)32-24-16-18(17-34)13-15-33(24)26/h3-16,22,34H,2,17H2,1H3,(H,29,30,31)/t22-/m0/s1. The number of aliphatic hydroxyl groups is 1. The summed E-state index contributed by atoms with van der Waals surface area (Å²) in [7, 11) is 0. The van der Waals surface area contributed by atoms with Crippen LogP contribution in [0.5, 0.6) is 0 Å². The summed E-state index contributed by atoms with van der Waals surface area (Å²) in [6, 6.07) is 22.0. The Labute approximate surface area is 196 Å². The highest BCUT2D eigenvalue weighted by Crippen LogP contribution is 2.33. The quantitative estimate of drug-likeness (QED) is 0.333. The maximum atomic E-state index is 13.6. The van der Waals surface area contributed by atoms with E-state index in [0.29, 0.717) is 23.0 Å². The highest BCUT2D eigenvalue weighted by Gasteiger charge is 2.19. The minimum absolute atomic E-state index is 0.0716. The highest BCUT2D eigenvalue weighted by atomic mass is 19.1. The van der Waals surface area contributed by atoms with E-state index in [9.17, 15) is 9.50 Å². The van der Waals surface area contributed by atoms with Crippen molar-refractivity contribution < 1.29 is 9.50 Å². The Kier molecular flexibility index (Phi) is 6.01. The van der Waals surface area contributed by atoms with E-state index in [1.165, 1.54) is 12.1 Å². The van der Waals surface area contributed by atoms with Gasteiger partial charge in [0.05, 0.1) is 29.7 Å². The van der Waals surface area contributed by atoms with Crippen molar-refractivity contribution in [1.29, 1.82) is 0 Å². The van der Waals surface area contributed by atoms with Crippen molar-refractivity contribution in [3.63, 3.8) is 0 Å². The average molecular weight is 454 g/mol. The molecular weight excluding hydrogens is 429 g/mol. The number of aromatic nitrogens is 4. The van der Waals surface area contributed by atoms with Crippen LogP contribution in [0.3, 0.4) is 0 Å².